The van der Waals surface area contributed by atoms with Crippen LogP contribution in [0.25, 0.3) is 0 Å². The number of likely N-dealkylation sites (tertiary alicyclic amines) is 1. The van der Waals surface area contributed by atoms with E-state index in [-0.39, 0.29) is 43.6 Å². The van der Waals surface area contributed by atoms with Crippen molar-refractivity contribution in [2.45, 2.75) is 26.8 Å². The summed E-state index contributed by atoms with van der Waals surface area (Å²) in [5.41, 5.74) is 0.821. The van der Waals surface area contributed by atoms with Crippen molar-refractivity contribution in [2.24, 2.45) is 11.3 Å². The van der Waals surface area contributed by atoms with Crippen LogP contribution in [0.2, 0.25) is 0 Å². The molecule has 2 aliphatic rings. The number of para-hydroxylation sites is 1. The van der Waals surface area contributed by atoms with Crippen molar-refractivity contribution >= 4 is 11.9 Å². The summed E-state index contributed by atoms with van der Waals surface area (Å²) >= 11 is 0. The van der Waals surface area contributed by atoms with E-state index >= 15 is 0 Å². The largest absolute Gasteiger partial charge is 0.493 e. The SMILES string of the molecule is Cc1cc(=O)n(CC(=O)N2C[C@H]3COc4ccccc4C[C@@]3(C(=O)O)C2)nc1C. The number of aliphatic carboxylic acids is 1. The second-order valence-corrected chi connectivity index (χ2v) is 7.94. The third-order valence-corrected chi connectivity index (χ3v) is 6.11. The van der Waals surface area contributed by atoms with E-state index in [0.29, 0.717) is 17.9 Å². The normalized spacial score (nSPS) is 23.0. The lowest BCUT2D eigenvalue weighted by Crippen LogP contribution is -2.43. The molecule has 3 heterocycles. The number of ether oxygens (including phenoxy) is 1. The van der Waals surface area contributed by atoms with Crippen molar-refractivity contribution in [3.8, 4) is 5.75 Å². The minimum Gasteiger partial charge on any atom is -0.493 e. The Kier molecular flexibility index (Phi) is 4.64. The lowest BCUT2D eigenvalue weighted by molar-refractivity contribution is -0.151. The summed E-state index contributed by atoms with van der Waals surface area (Å²) in [7, 11) is 0. The predicted molar refractivity (Wildman–Crippen MR) is 104 cm³/mol. The number of carboxylic acid groups (broad SMARTS) is 1. The number of benzene rings is 1. The summed E-state index contributed by atoms with van der Waals surface area (Å²) in [6, 6.07) is 8.87. The Balaban J connectivity index is 1.59. The highest BCUT2D eigenvalue weighted by atomic mass is 16.5. The first-order valence-electron chi connectivity index (χ1n) is 9.57. The molecule has 4 rings (SSSR count). The van der Waals surface area contributed by atoms with Crippen molar-refractivity contribution in [2.75, 3.05) is 19.7 Å². The molecule has 0 saturated carbocycles. The average molecular weight is 397 g/mol. The molecule has 0 aliphatic carbocycles. The van der Waals surface area contributed by atoms with Crippen molar-refractivity contribution in [1.29, 1.82) is 0 Å². The van der Waals surface area contributed by atoms with Gasteiger partial charge in [0.25, 0.3) is 5.56 Å². The number of carboxylic acids is 1. The van der Waals surface area contributed by atoms with Gasteiger partial charge in [-0.1, -0.05) is 18.2 Å². The molecule has 0 bridgehead atoms. The number of aryl methyl sites for hydroxylation is 2. The van der Waals surface area contributed by atoms with E-state index in [4.69, 9.17) is 4.74 Å². The Morgan fingerprint density at radius 2 is 2.07 bits per heavy atom. The quantitative estimate of drug-likeness (QED) is 0.830. The monoisotopic (exact) mass is 397 g/mol. The van der Waals surface area contributed by atoms with E-state index in [1.807, 2.05) is 24.3 Å². The summed E-state index contributed by atoms with van der Waals surface area (Å²) in [6.45, 7) is 3.95. The second-order valence-electron chi connectivity index (χ2n) is 7.94. The van der Waals surface area contributed by atoms with Crippen LogP contribution in [0.3, 0.4) is 0 Å². The van der Waals surface area contributed by atoms with Crippen molar-refractivity contribution in [1.82, 2.24) is 14.7 Å². The van der Waals surface area contributed by atoms with Gasteiger partial charge in [-0.15, -0.1) is 0 Å². The van der Waals surface area contributed by atoms with E-state index in [2.05, 4.69) is 5.10 Å². The number of hydrogen-bond donors (Lipinski definition) is 1. The number of carbonyl (C=O) groups excluding carboxylic acids is 1. The molecule has 1 amide bonds. The highest BCUT2D eigenvalue weighted by molar-refractivity contribution is 5.81. The van der Waals surface area contributed by atoms with Crippen molar-refractivity contribution in [3.63, 3.8) is 0 Å². The van der Waals surface area contributed by atoms with Crippen LogP contribution >= 0.6 is 0 Å². The van der Waals surface area contributed by atoms with Crippen LogP contribution in [0, 0.1) is 25.2 Å². The molecular weight excluding hydrogens is 374 g/mol. The molecule has 0 spiro atoms. The topological polar surface area (TPSA) is 102 Å². The Labute approximate surface area is 167 Å². The van der Waals surface area contributed by atoms with Crippen LogP contribution in [0.5, 0.6) is 5.75 Å². The molecule has 152 valence electrons. The third kappa shape index (κ3) is 3.28. The number of carbonyl (C=O) groups is 2. The average Bonchev–Trinajstić information content (AvgIpc) is 2.97. The van der Waals surface area contributed by atoms with Crippen LogP contribution in [0.15, 0.2) is 35.1 Å². The Morgan fingerprint density at radius 1 is 1.31 bits per heavy atom. The molecule has 2 aliphatic heterocycles. The van der Waals surface area contributed by atoms with E-state index in [1.165, 1.54) is 11.0 Å². The molecule has 29 heavy (non-hydrogen) atoms. The molecule has 8 heteroatoms. The summed E-state index contributed by atoms with van der Waals surface area (Å²) in [6.07, 6.45) is 0.300. The molecule has 1 saturated heterocycles. The van der Waals surface area contributed by atoms with Gasteiger partial charge in [-0.05, 0) is 37.5 Å². The van der Waals surface area contributed by atoms with Gasteiger partial charge in [0, 0.05) is 25.1 Å². The Morgan fingerprint density at radius 3 is 2.83 bits per heavy atom. The van der Waals surface area contributed by atoms with Gasteiger partial charge in [-0.2, -0.15) is 5.10 Å². The maximum atomic E-state index is 12.9. The molecule has 1 aromatic heterocycles. The van der Waals surface area contributed by atoms with Crippen LogP contribution in [-0.2, 0) is 22.6 Å². The van der Waals surface area contributed by atoms with Crippen LogP contribution < -0.4 is 10.3 Å². The lowest BCUT2D eigenvalue weighted by Gasteiger charge is -2.27. The summed E-state index contributed by atoms with van der Waals surface area (Å²) < 4.78 is 7.00. The molecule has 0 radical (unpaired) electrons. The van der Waals surface area contributed by atoms with Crippen molar-refractivity contribution < 1.29 is 19.4 Å². The smallest absolute Gasteiger partial charge is 0.312 e. The van der Waals surface area contributed by atoms with Gasteiger partial charge in [0.1, 0.15) is 12.3 Å². The van der Waals surface area contributed by atoms with E-state index in [9.17, 15) is 19.5 Å². The van der Waals surface area contributed by atoms with Crippen LogP contribution in [-0.4, -0.2) is 51.4 Å². The summed E-state index contributed by atoms with van der Waals surface area (Å²) in [5.74, 6) is -0.878. The van der Waals surface area contributed by atoms with E-state index in [0.717, 1.165) is 15.8 Å². The fourth-order valence-corrected chi connectivity index (χ4v) is 4.23. The number of hydrogen-bond acceptors (Lipinski definition) is 5. The molecule has 1 N–H and O–H groups in total. The molecule has 2 atom stereocenters. The molecule has 1 aromatic carbocycles. The maximum absolute atomic E-state index is 12.9. The number of rotatable bonds is 3. The van der Waals surface area contributed by atoms with Gasteiger partial charge in [0.05, 0.1) is 17.7 Å². The van der Waals surface area contributed by atoms with Gasteiger partial charge in [-0.3, -0.25) is 14.4 Å². The van der Waals surface area contributed by atoms with Crippen LogP contribution in [0.4, 0.5) is 0 Å². The maximum Gasteiger partial charge on any atom is 0.312 e. The molecule has 2 aromatic rings. The Bertz CT molecular complexity index is 1050. The van der Waals surface area contributed by atoms with Gasteiger partial charge in [-0.25, -0.2) is 4.68 Å². The van der Waals surface area contributed by atoms with Gasteiger partial charge in [0.2, 0.25) is 5.91 Å². The highest BCUT2D eigenvalue weighted by Crippen LogP contribution is 2.44. The van der Waals surface area contributed by atoms with Gasteiger partial charge in [0.15, 0.2) is 0 Å². The zero-order chi connectivity index (χ0) is 20.8. The zero-order valence-electron chi connectivity index (χ0n) is 16.4. The van der Waals surface area contributed by atoms with Crippen molar-refractivity contribution in [3.05, 3.63) is 57.5 Å². The summed E-state index contributed by atoms with van der Waals surface area (Å²) in [4.78, 5) is 38.9. The fourth-order valence-electron chi connectivity index (χ4n) is 4.23. The first-order chi connectivity index (χ1) is 13.8. The fraction of sp³-hybridized carbons (Fsp3) is 0.429. The minimum atomic E-state index is -1.11. The molecule has 1 fully saturated rings. The number of amides is 1. The Hall–Kier alpha value is -3.16. The number of aromatic nitrogens is 2. The summed E-state index contributed by atoms with van der Waals surface area (Å²) in [5, 5.41) is 14.3. The highest BCUT2D eigenvalue weighted by Gasteiger charge is 2.55. The first kappa shape index (κ1) is 19.2. The van der Waals surface area contributed by atoms with Gasteiger partial charge < -0.3 is 14.7 Å². The number of nitrogens with zero attached hydrogens (tertiary/aromatic N) is 3. The molecular formula is C21H23N3O5. The molecule has 0 unspecified atom stereocenters. The first-order valence-corrected chi connectivity index (χ1v) is 9.57. The standard InChI is InChI=1S/C21H23N3O5/c1-13-7-18(25)24(22-14(13)2)10-19(26)23-9-16-11-29-17-6-4-3-5-15(17)8-21(16,12-23)20(27)28/h3-7,16H,8-12H2,1-2H3,(H,27,28)/t16-,21+/m0/s1. The zero-order valence-corrected chi connectivity index (χ0v) is 16.4. The lowest BCUT2D eigenvalue weighted by atomic mass is 9.74. The van der Waals surface area contributed by atoms with Crippen LogP contribution in [0.1, 0.15) is 16.8 Å². The van der Waals surface area contributed by atoms with E-state index in [1.54, 1.807) is 13.8 Å². The molecule has 8 nitrogen and oxygen atoms in total. The second kappa shape index (κ2) is 7.02. The van der Waals surface area contributed by atoms with E-state index < -0.39 is 11.4 Å². The minimum absolute atomic E-state index is 0.0864. The number of fused-ring (bicyclic) bond motifs is 2. The predicted octanol–water partition coefficient (Wildman–Crippen LogP) is 1.02. The van der Waals surface area contributed by atoms with Gasteiger partial charge >= 0.3 is 5.97 Å². The third-order valence-electron chi connectivity index (χ3n) is 6.11.